The van der Waals surface area contributed by atoms with E-state index in [1.807, 2.05) is 0 Å². The van der Waals surface area contributed by atoms with Crippen LogP contribution in [0.2, 0.25) is 0 Å². The Morgan fingerprint density at radius 2 is 1.70 bits per heavy atom. The van der Waals surface area contributed by atoms with E-state index in [2.05, 4.69) is 15.9 Å². The minimum absolute atomic E-state index is 0. The van der Waals surface area contributed by atoms with Crippen LogP contribution in [0, 0.1) is 10.8 Å². The van der Waals surface area contributed by atoms with Gasteiger partial charge in [0.2, 0.25) is 0 Å². The molecule has 0 amide bonds. The third-order valence-corrected chi connectivity index (χ3v) is 4.16. The molecule has 3 rings (SSSR count). The average molecular weight is 271 g/mol. The maximum absolute atomic E-state index is 5.60. The molecule has 3 saturated carbocycles. The quantitative estimate of drug-likeness (QED) is 0.764. The van der Waals surface area contributed by atoms with E-state index in [0.29, 0.717) is 10.8 Å². The first-order valence-electron chi connectivity index (χ1n) is 3.50. The largest absolute Gasteiger partial charge is 0.330 e. The summed E-state index contributed by atoms with van der Waals surface area (Å²) in [7, 11) is 0. The van der Waals surface area contributed by atoms with Gasteiger partial charge in [-0.25, -0.2) is 0 Å². The number of rotatable bonds is 2. The Kier molecular flexibility index (Phi) is 2.21. The van der Waals surface area contributed by atoms with E-state index in [9.17, 15) is 0 Å². The highest BCUT2D eigenvalue weighted by Crippen LogP contribution is 2.73. The highest BCUT2D eigenvalue weighted by molar-refractivity contribution is 9.09. The monoisotopic (exact) mass is 269 g/mol. The Morgan fingerprint density at radius 1 is 1.20 bits per heavy atom. The van der Waals surface area contributed by atoms with Crippen LogP contribution in [0.15, 0.2) is 0 Å². The maximum Gasteiger partial charge on any atom is 0.00886 e. The smallest absolute Gasteiger partial charge is 0.00886 e. The van der Waals surface area contributed by atoms with Gasteiger partial charge in [-0.2, -0.15) is 0 Å². The molecule has 3 heteroatoms. The van der Waals surface area contributed by atoms with Crippen molar-refractivity contribution < 1.29 is 0 Å². The molecule has 0 spiro atoms. The van der Waals surface area contributed by atoms with Crippen molar-refractivity contribution in [3.8, 4) is 0 Å². The molecule has 0 atom stereocenters. The van der Waals surface area contributed by atoms with Crippen LogP contribution in [-0.4, -0.2) is 11.9 Å². The molecule has 3 fully saturated rings. The standard InChI is InChI=1S/C7H12BrN.BrH/c8-4-6-1-7(2-6,3-6)5-9;/h1-5,9H2;1H. The van der Waals surface area contributed by atoms with Crippen LogP contribution in [0.25, 0.3) is 0 Å². The van der Waals surface area contributed by atoms with Crippen molar-refractivity contribution in [2.45, 2.75) is 19.3 Å². The number of hydrogen-bond acceptors (Lipinski definition) is 1. The minimum Gasteiger partial charge on any atom is -0.330 e. The molecule has 0 unspecified atom stereocenters. The van der Waals surface area contributed by atoms with Gasteiger partial charge in [0.05, 0.1) is 0 Å². The molecular formula is C7H13Br2N. The summed E-state index contributed by atoms with van der Waals surface area (Å²) in [6, 6.07) is 0. The Labute approximate surface area is 80.6 Å². The third kappa shape index (κ3) is 0.901. The van der Waals surface area contributed by atoms with Gasteiger partial charge in [-0.15, -0.1) is 17.0 Å². The van der Waals surface area contributed by atoms with Gasteiger partial charge in [0.1, 0.15) is 0 Å². The first kappa shape index (κ1) is 9.01. The van der Waals surface area contributed by atoms with Crippen molar-refractivity contribution in [2.75, 3.05) is 11.9 Å². The molecule has 0 saturated heterocycles. The lowest BCUT2D eigenvalue weighted by molar-refractivity contribution is -0.178. The summed E-state index contributed by atoms with van der Waals surface area (Å²) in [6.07, 6.45) is 4.17. The fourth-order valence-corrected chi connectivity index (χ4v) is 3.18. The van der Waals surface area contributed by atoms with Crippen LogP contribution in [-0.2, 0) is 0 Å². The second-order valence-electron chi connectivity index (χ2n) is 3.87. The van der Waals surface area contributed by atoms with E-state index in [4.69, 9.17) is 5.73 Å². The van der Waals surface area contributed by atoms with Crippen LogP contribution < -0.4 is 5.73 Å². The first-order valence-corrected chi connectivity index (χ1v) is 4.63. The molecule has 3 aliphatic carbocycles. The maximum atomic E-state index is 5.60. The molecule has 60 valence electrons. The van der Waals surface area contributed by atoms with Crippen molar-refractivity contribution in [3.63, 3.8) is 0 Å². The van der Waals surface area contributed by atoms with Crippen LogP contribution in [0.1, 0.15) is 19.3 Å². The van der Waals surface area contributed by atoms with E-state index in [-0.39, 0.29) is 17.0 Å². The van der Waals surface area contributed by atoms with E-state index >= 15 is 0 Å². The van der Waals surface area contributed by atoms with Gasteiger partial charge in [-0.3, -0.25) is 0 Å². The van der Waals surface area contributed by atoms with Crippen LogP contribution >= 0.6 is 32.9 Å². The predicted molar refractivity (Wildman–Crippen MR) is 51.9 cm³/mol. The van der Waals surface area contributed by atoms with E-state index < -0.39 is 0 Å². The van der Waals surface area contributed by atoms with E-state index in [0.717, 1.165) is 6.54 Å². The van der Waals surface area contributed by atoms with Gasteiger partial charge in [0.15, 0.2) is 0 Å². The Balaban J connectivity index is 0.000000500. The van der Waals surface area contributed by atoms with Gasteiger partial charge < -0.3 is 5.73 Å². The Morgan fingerprint density at radius 3 is 2.00 bits per heavy atom. The number of hydrogen-bond donors (Lipinski definition) is 1. The molecular weight excluding hydrogens is 258 g/mol. The number of nitrogens with two attached hydrogens (primary N) is 1. The molecule has 0 radical (unpaired) electrons. The topological polar surface area (TPSA) is 26.0 Å². The second kappa shape index (κ2) is 2.46. The molecule has 10 heavy (non-hydrogen) atoms. The predicted octanol–water partition coefficient (Wildman–Crippen LogP) is 2.09. The lowest BCUT2D eigenvalue weighted by Crippen LogP contribution is -2.65. The zero-order valence-corrected chi connectivity index (χ0v) is 9.20. The highest BCUT2D eigenvalue weighted by Gasteiger charge is 2.65. The van der Waals surface area contributed by atoms with Gasteiger partial charge in [0, 0.05) is 5.33 Å². The minimum atomic E-state index is 0. The average Bonchev–Trinajstić information content (AvgIpc) is 1.62. The lowest BCUT2D eigenvalue weighted by Gasteiger charge is -2.70. The summed E-state index contributed by atoms with van der Waals surface area (Å²) in [5.41, 5.74) is 6.93. The van der Waals surface area contributed by atoms with Crippen molar-refractivity contribution >= 4 is 32.9 Å². The molecule has 0 aromatic rings. The number of halogens is 2. The fraction of sp³-hybridized carbons (Fsp3) is 1.00. The molecule has 0 aromatic carbocycles. The molecule has 1 nitrogen and oxygen atoms in total. The summed E-state index contributed by atoms with van der Waals surface area (Å²) in [5, 5.41) is 1.20. The van der Waals surface area contributed by atoms with E-state index in [1.54, 1.807) is 0 Å². The SMILES string of the molecule is Br.NCC12CC(CBr)(C1)C2. The summed E-state index contributed by atoms with van der Waals surface area (Å²) < 4.78 is 0. The van der Waals surface area contributed by atoms with Gasteiger partial charge in [-0.1, -0.05) is 15.9 Å². The molecule has 2 N–H and O–H groups in total. The van der Waals surface area contributed by atoms with Crippen molar-refractivity contribution in [2.24, 2.45) is 16.6 Å². The van der Waals surface area contributed by atoms with Crippen molar-refractivity contribution in [1.29, 1.82) is 0 Å². The van der Waals surface area contributed by atoms with Crippen molar-refractivity contribution in [3.05, 3.63) is 0 Å². The zero-order valence-electron chi connectivity index (χ0n) is 5.90. The summed E-state index contributed by atoms with van der Waals surface area (Å²) in [6.45, 7) is 0.918. The molecule has 0 aromatic heterocycles. The first-order chi connectivity index (χ1) is 4.24. The number of alkyl halides is 1. The van der Waals surface area contributed by atoms with Gasteiger partial charge in [0.25, 0.3) is 0 Å². The third-order valence-electron chi connectivity index (χ3n) is 2.97. The summed E-state index contributed by atoms with van der Waals surface area (Å²) in [5.74, 6) is 0. The zero-order chi connectivity index (χ0) is 6.54. The van der Waals surface area contributed by atoms with Crippen molar-refractivity contribution in [1.82, 2.24) is 0 Å². The van der Waals surface area contributed by atoms with Crippen LogP contribution in [0.4, 0.5) is 0 Å². The van der Waals surface area contributed by atoms with Gasteiger partial charge in [-0.05, 0) is 36.6 Å². The highest BCUT2D eigenvalue weighted by atomic mass is 79.9. The molecule has 0 heterocycles. The molecule has 3 aliphatic rings. The Hall–Kier alpha value is 0.920. The van der Waals surface area contributed by atoms with Crippen LogP contribution in [0.3, 0.4) is 0 Å². The fourth-order valence-electron chi connectivity index (χ4n) is 2.59. The lowest BCUT2D eigenvalue weighted by atomic mass is 9.36. The second-order valence-corrected chi connectivity index (χ2v) is 4.43. The normalized spacial score (nSPS) is 48.6. The van der Waals surface area contributed by atoms with Gasteiger partial charge >= 0.3 is 0 Å². The molecule has 2 bridgehead atoms. The summed E-state index contributed by atoms with van der Waals surface area (Å²) in [4.78, 5) is 0. The van der Waals surface area contributed by atoms with Crippen LogP contribution in [0.5, 0.6) is 0 Å². The molecule has 0 aliphatic heterocycles. The summed E-state index contributed by atoms with van der Waals surface area (Å²) >= 11 is 3.53. The van der Waals surface area contributed by atoms with E-state index in [1.165, 1.54) is 24.6 Å². The Bertz CT molecular complexity index is 113.